The summed E-state index contributed by atoms with van der Waals surface area (Å²) in [5.74, 6) is 0. The fourth-order valence-corrected chi connectivity index (χ4v) is 2.08. The predicted octanol–water partition coefficient (Wildman–Crippen LogP) is 2.56. The van der Waals surface area contributed by atoms with Crippen LogP contribution in [-0.4, -0.2) is 25.7 Å². The molecule has 0 N–H and O–H groups in total. The summed E-state index contributed by atoms with van der Waals surface area (Å²) in [6, 6.07) is 12.3. The molecule has 19 heavy (non-hydrogen) atoms. The van der Waals surface area contributed by atoms with Crippen molar-refractivity contribution >= 4 is 28.8 Å². The molecule has 0 aliphatic carbocycles. The molecular formula is C13H10IN5. The third kappa shape index (κ3) is 2.73. The summed E-state index contributed by atoms with van der Waals surface area (Å²) in [7, 11) is 0. The molecule has 6 heteroatoms. The Morgan fingerprint density at radius 1 is 1.05 bits per heavy atom. The van der Waals surface area contributed by atoms with Gasteiger partial charge in [-0.05, 0) is 59.0 Å². The maximum absolute atomic E-state index is 4.26. The first-order valence-electron chi connectivity index (χ1n) is 5.65. The van der Waals surface area contributed by atoms with Crippen molar-refractivity contribution in [2.45, 2.75) is 0 Å². The maximum atomic E-state index is 4.26. The Labute approximate surface area is 123 Å². The van der Waals surface area contributed by atoms with Gasteiger partial charge in [0.05, 0.1) is 11.9 Å². The largest absolute Gasteiger partial charge is 0.316 e. The average molecular weight is 363 g/mol. The molecule has 0 fully saturated rings. The molecule has 0 radical (unpaired) electrons. The zero-order chi connectivity index (χ0) is 13.1. The second kappa shape index (κ2) is 5.35. The van der Waals surface area contributed by atoms with E-state index in [9.17, 15) is 0 Å². The lowest BCUT2D eigenvalue weighted by Crippen LogP contribution is -1.98. The molecule has 3 rings (SSSR count). The van der Waals surface area contributed by atoms with E-state index in [0.29, 0.717) is 0 Å². The zero-order valence-corrected chi connectivity index (χ0v) is 12.0. The average Bonchev–Trinajstić information content (AvgIpc) is 3.08. The van der Waals surface area contributed by atoms with Gasteiger partial charge in [0.2, 0.25) is 0 Å². The van der Waals surface area contributed by atoms with Gasteiger partial charge in [0.25, 0.3) is 0 Å². The first kappa shape index (κ1) is 12.1. The normalized spacial score (nSPS) is 11.2. The molecule has 0 aliphatic rings. The van der Waals surface area contributed by atoms with E-state index < -0.39 is 0 Å². The van der Waals surface area contributed by atoms with Crippen LogP contribution in [0, 0.1) is 3.57 Å². The van der Waals surface area contributed by atoms with Crippen LogP contribution in [0.5, 0.6) is 0 Å². The van der Waals surface area contributed by atoms with Crippen molar-refractivity contribution < 1.29 is 0 Å². The number of rotatable bonds is 3. The Bertz CT molecular complexity index is 682. The maximum Gasteiger partial charge on any atom is 0.141 e. The second-order valence-corrected chi connectivity index (χ2v) is 5.11. The second-order valence-electron chi connectivity index (χ2n) is 3.87. The summed E-state index contributed by atoms with van der Waals surface area (Å²) >= 11 is 2.29. The van der Waals surface area contributed by atoms with Crippen molar-refractivity contribution in [3.63, 3.8) is 0 Å². The molecular weight excluding hydrogens is 353 g/mol. The zero-order valence-electron chi connectivity index (χ0n) is 9.89. The molecule has 0 unspecified atom stereocenters. The van der Waals surface area contributed by atoms with E-state index in [0.717, 1.165) is 11.4 Å². The molecule has 0 saturated heterocycles. The van der Waals surface area contributed by atoms with Gasteiger partial charge in [0.1, 0.15) is 12.7 Å². The Hall–Kier alpha value is -1.96. The standard InChI is InChI=1S/C13H10IN5/c14-11-3-5-12(6-4-11)19-7-1-2-13(19)8-17-18-9-15-16-10-18/h1-10H/b17-8+. The summed E-state index contributed by atoms with van der Waals surface area (Å²) in [6.45, 7) is 0. The SMILES string of the molecule is Ic1ccc(-n2cccc2/C=N/n2cnnc2)cc1. The van der Waals surface area contributed by atoms with E-state index in [2.05, 4.69) is 66.7 Å². The molecule has 5 nitrogen and oxygen atoms in total. The summed E-state index contributed by atoms with van der Waals surface area (Å²) < 4.78 is 4.85. The van der Waals surface area contributed by atoms with E-state index in [1.54, 1.807) is 23.5 Å². The lowest BCUT2D eigenvalue weighted by Gasteiger charge is -2.06. The summed E-state index contributed by atoms with van der Waals surface area (Å²) in [5, 5.41) is 11.7. The lowest BCUT2D eigenvalue weighted by atomic mass is 10.3. The van der Waals surface area contributed by atoms with Gasteiger partial charge >= 0.3 is 0 Å². The molecule has 94 valence electrons. The van der Waals surface area contributed by atoms with Crippen LogP contribution in [0.4, 0.5) is 0 Å². The van der Waals surface area contributed by atoms with Crippen LogP contribution in [0.3, 0.4) is 0 Å². The van der Waals surface area contributed by atoms with Gasteiger partial charge < -0.3 is 4.57 Å². The topological polar surface area (TPSA) is 48.0 Å². The van der Waals surface area contributed by atoms with Crippen LogP contribution in [-0.2, 0) is 0 Å². The van der Waals surface area contributed by atoms with E-state index in [4.69, 9.17) is 0 Å². The number of nitrogens with zero attached hydrogens (tertiary/aromatic N) is 5. The van der Waals surface area contributed by atoms with E-state index in [1.807, 2.05) is 18.3 Å². The van der Waals surface area contributed by atoms with Crippen molar-refractivity contribution in [2.75, 3.05) is 0 Å². The number of benzene rings is 1. The van der Waals surface area contributed by atoms with Crippen molar-refractivity contribution in [2.24, 2.45) is 5.10 Å². The van der Waals surface area contributed by atoms with Crippen LogP contribution in [0.25, 0.3) is 5.69 Å². The Morgan fingerprint density at radius 3 is 2.53 bits per heavy atom. The highest BCUT2D eigenvalue weighted by atomic mass is 127. The summed E-state index contributed by atoms with van der Waals surface area (Å²) in [5.41, 5.74) is 2.10. The van der Waals surface area contributed by atoms with E-state index >= 15 is 0 Å². The Kier molecular flexibility index (Phi) is 3.41. The fraction of sp³-hybridized carbons (Fsp3) is 0. The van der Waals surface area contributed by atoms with E-state index in [-0.39, 0.29) is 0 Å². The van der Waals surface area contributed by atoms with Crippen molar-refractivity contribution in [3.05, 3.63) is 64.5 Å². The molecule has 0 bridgehead atoms. The predicted molar refractivity (Wildman–Crippen MR) is 81.5 cm³/mol. The highest BCUT2D eigenvalue weighted by molar-refractivity contribution is 14.1. The van der Waals surface area contributed by atoms with Gasteiger partial charge in [-0.2, -0.15) is 5.10 Å². The number of halogens is 1. The Morgan fingerprint density at radius 2 is 1.79 bits per heavy atom. The molecule has 0 aliphatic heterocycles. The highest BCUT2D eigenvalue weighted by Crippen LogP contribution is 2.13. The van der Waals surface area contributed by atoms with Crippen molar-refractivity contribution in [1.82, 2.24) is 19.4 Å². The van der Waals surface area contributed by atoms with Crippen LogP contribution < -0.4 is 0 Å². The quantitative estimate of drug-likeness (QED) is 0.531. The number of hydrogen-bond acceptors (Lipinski definition) is 3. The van der Waals surface area contributed by atoms with Gasteiger partial charge in [0.15, 0.2) is 0 Å². The third-order valence-corrected chi connectivity index (χ3v) is 3.33. The minimum atomic E-state index is 0.995. The van der Waals surface area contributed by atoms with Crippen molar-refractivity contribution in [3.8, 4) is 5.69 Å². The Balaban J connectivity index is 1.92. The molecule has 0 amide bonds. The molecule has 1 aromatic carbocycles. The third-order valence-electron chi connectivity index (χ3n) is 2.61. The van der Waals surface area contributed by atoms with Gasteiger partial charge in [-0.1, -0.05) is 0 Å². The number of hydrogen-bond donors (Lipinski definition) is 0. The molecule has 0 spiro atoms. The molecule has 0 atom stereocenters. The van der Waals surface area contributed by atoms with Gasteiger partial charge in [0, 0.05) is 15.5 Å². The monoisotopic (exact) mass is 363 g/mol. The van der Waals surface area contributed by atoms with Crippen LogP contribution in [0.1, 0.15) is 5.69 Å². The van der Waals surface area contributed by atoms with Gasteiger partial charge in [-0.15, -0.1) is 10.2 Å². The first-order valence-corrected chi connectivity index (χ1v) is 6.73. The highest BCUT2D eigenvalue weighted by Gasteiger charge is 2.00. The van der Waals surface area contributed by atoms with E-state index in [1.165, 1.54) is 3.57 Å². The first-order chi connectivity index (χ1) is 9.33. The van der Waals surface area contributed by atoms with Crippen LogP contribution in [0.15, 0.2) is 60.4 Å². The number of aromatic nitrogens is 4. The molecule has 0 saturated carbocycles. The molecule has 2 heterocycles. The smallest absolute Gasteiger partial charge is 0.141 e. The van der Waals surface area contributed by atoms with Crippen LogP contribution >= 0.6 is 22.6 Å². The van der Waals surface area contributed by atoms with Crippen LogP contribution in [0.2, 0.25) is 0 Å². The minimum absolute atomic E-state index is 0.995. The summed E-state index contributed by atoms with van der Waals surface area (Å²) in [6.07, 6.45) is 6.89. The minimum Gasteiger partial charge on any atom is -0.316 e. The molecule has 3 aromatic rings. The van der Waals surface area contributed by atoms with Crippen molar-refractivity contribution in [1.29, 1.82) is 0 Å². The summed E-state index contributed by atoms with van der Waals surface area (Å²) in [4.78, 5) is 0. The van der Waals surface area contributed by atoms with Gasteiger partial charge in [-0.3, -0.25) is 0 Å². The fourth-order valence-electron chi connectivity index (χ4n) is 1.72. The van der Waals surface area contributed by atoms with Gasteiger partial charge in [-0.25, -0.2) is 4.68 Å². The lowest BCUT2D eigenvalue weighted by molar-refractivity contribution is 0.875. The molecule has 2 aromatic heterocycles.